The fraction of sp³-hybridized carbons (Fsp3) is 0.355. The van der Waals surface area contributed by atoms with Gasteiger partial charge in [-0.3, -0.25) is 28.8 Å². The molecule has 16 heteroatoms. The van der Waals surface area contributed by atoms with Crippen LogP contribution < -0.4 is 38.1 Å². The van der Waals surface area contributed by atoms with Gasteiger partial charge in [-0.15, -0.1) is 0 Å². The smallest absolute Gasteiger partial charge is 0.245 e. The summed E-state index contributed by atoms with van der Waals surface area (Å²) in [7, 11) is 0. The van der Waals surface area contributed by atoms with Crippen molar-refractivity contribution in [1.82, 2.24) is 31.6 Å². The van der Waals surface area contributed by atoms with Crippen LogP contribution in [-0.2, 0) is 41.6 Å². The number of primary amides is 1. The molecule has 0 fully saturated rings. The van der Waals surface area contributed by atoms with Crippen molar-refractivity contribution in [2.75, 3.05) is 19.8 Å². The molecule has 0 aliphatic rings. The van der Waals surface area contributed by atoms with Gasteiger partial charge in [-0.2, -0.15) is 0 Å². The number of rotatable bonds is 17. The Morgan fingerprint density at radius 2 is 1.21 bits per heavy atom. The van der Waals surface area contributed by atoms with Crippen molar-refractivity contribution in [2.45, 2.75) is 50.0 Å². The predicted molar refractivity (Wildman–Crippen MR) is 170 cm³/mol. The molecule has 0 spiro atoms. The molecule has 0 bridgehead atoms. The maximum atomic E-state index is 13.2. The summed E-state index contributed by atoms with van der Waals surface area (Å²) in [6, 6.07) is 9.43. The molecule has 2 aromatic carbocycles. The third-order valence-corrected chi connectivity index (χ3v) is 7.13. The van der Waals surface area contributed by atoms with E-state index in [-0.39, 0.29) is 12.8 Å². The van der Waals surface area contributed by atoms with Crippen LogP contribution in [0.15, 0.2) is 60.8 Å². The number of para-hydroxylation sites is 1. The van der Waals surface area contributed by atoms with Gasteiger partial charge >= 0.3 is 0 Å². The van der Waals surface area contributed by atoms with Crippen LogP contribution in [0.2, 0.25) is 0 Å². The van der Waals surface area contributed by atoms with Crippen LogP contribution in [0.4, 0.5) is 0 Å². The quantitative estimate of drug-likeness (QED) is 0.0703. The number of hydrogen-bond donors (Lipinski definition) is 10. The molecule has 0 aliphatic carbocycles. The third kappa shape index (κ3) is 10.6. The largest absolute Gasteiger partial charge is 0.394 e. The van der Waals surface area contributed by atoms with Gasteiger partial charge in [-0.1, -0.05) is 48.5 Å². The first-order valence-electron chi connectivity index (χ1n) is 14.8. The van der Waals surface area contributed by atoms with Gasteiger partial charge in [-0.25, -0.2) is 0 Å². The number of carbonyl (C=O) groups excluding carboxylic acids is 6. The van der Waals surface area contributed by atoms with E-state index in [0.717, 1.165) is 10.9 Å². The number of H-pyrrole nitrogens is 1. The van der Waals surface area contributed by atoms with Gasteiger partial charge in [0.05, 0.1) is 25.8 Å². The van der Waals surface area contributed by atoms with Gasteiger partial charge in [-0.05, 0) is 24.1 Å². The van der Waals surface area contributed by atoms with Crippen LogP contribution in [0.5, 0.6) is 0 Å². The van der Waals surface area contributed by atoms with Gasteiger partial charge in [0.2, 0.25) is 35.4 Å². The van der Waals surface area contributed by atoms with Crippen LogP contribution in [0, 0.1) is 0 Å². The summed E-state index contributed by atoms with van der Waals surface area (Å²) in [6.45, 7) is -0.862. The first-order valence-corrected chi connectivity index (χ1v) is 14.8. The fourth-order valence-electron chi connectivity index (χ4n) is 4.59. The zero-order valence-electron chi connectivity index (χ0n) is 25.7. The van der Waals surface area contributed by atoms with E-state index in [4.69, 9.17) is 11.5 Å². The first-order chi connectivity index (χ1) is 22.4. The Morgan fingerprint density at radius 1 is 0.702 bits per heavy atom. The van der Waals surface area contributed by atoms with E-state index in [1.165, 1.54) is 6.92 Å². The SMILES string of the molecule is C[C@H](N)C(=O)N[C@H](Cc1ccccc1)C(=O)N[C@H](CO)C(=O)N[C@@H](CO)C(=O)N[C@@H](Cc1c[nH]c2ccccc12)C(=O)NCC(N)=O. The zero-order valence-corrected chi connectivity index (χ0v) is 25.7. The van der Waals surface area contributed by atoms with E-state index >= 15 is 0 Å². The highest BCUT2D eigenvalue weighted by Crippen LogP contribution is 2.19. The standard InChI is InChI=1S/C31H40N8O8/c1-17(32)27(43)36-22(11-18-7-3-2-4-8-18)29(45)38-25(16-41)31(47)39-24(15-40)30(46)37-23(28(44)35-14-26(33)42)12-19-13-34-21-10-6-5-9-20(19)21/h2-10,13,17,22-25,34,40-41H,11-12,14-16,32H2,1H3,(H2,33,42)(H,35,44)(H,36,43)(H,37,46)(H,38,45)(H,39,47)/t17-,22+,23-,24-,25+/m0/s1. The summed E-state index contributed by atoms with van der Waals surface area (Å²) >= 11 is 0. The highest BCUT2D eigenvalue weighted by atomic mass is 16.3. The van der Waals surface area contributed by atoms with E-state index in [1.807, 2.05) is 18.2 Å². The second-order valence-corrected chi connectivity index (χ2v) is 10.8. The monoisotopic (exact) mass is 652 g/mol. The fourth-order valence-corrected chi connectivity index (χ4v) is 4.59. The second kappa shape index (κ2) is 17.4. The molecule has 6 amide bonds. The zero-order chi connectivity index (χ0) is 34.5. The Labute approximate surface area is 270 Å². The summed E-state index contributed by atoms with van der Waals surface area (Å²) in [4.78, 5) is 79.0. The van der Waals surface area contributed by atoms with Crippen molar-refractivity contribution in [3.8, 4) is 0 Å². The number of carbonyl (C=O) groups is 6. The lowest BCUT2D eigenvalue weighted by atomic mass is 10.0. The maximum Gasteiger partial charge on any atom is 0.245 e. The van der Waals surface area contributed by atoms with Gasteiger partial charge in [0.25, 0.3) is 0 Å². The van der Waals surface area contributed by atoms with E-state index in [0.29, 0.717) is 11.1 Å². The minimum atomic E-state index is -1.61. The summed E-state index contributed by atoms with van der Waals surface area (Å²) < 4.78 is 0. The van der Waals surface area contributed by atoms with Crippen molar-refractivity contribution in [3.05, 3.63) is 71.9 Å². The van der Waals surface area contributed by atoms with Crippen molar-refractivity contribution in [2.24, 2.45) is 11.5 Å². The number of aliphatic hydroxyl groups excluding tert-OH is 2. The van der Waals surface area contributed by atoms with E-state index in [1.54, 1.807) is 42.6 Å². The number of aliphatic hydroxyl groups is 2. The molecule has 3 aromatic rings. The summed E-state index contributed by atoms with van der Waals surface area (Å²) in [5.74, 6) is -4.98. The summed E-state index contributed by atoms with van der Waals surface area (Å²) in [5.41, 5.74) is 12.9. The molecular weight excluding hydrogens is 612 g/mol. The topological polar surface area (TPSA) is 271 Å². The van der Waals surface area contributed by atoms with Gasteiger partial charge in [0.1, 0.15) is 24.2 Å². The van der Waals surface area contributed by atoms with Gasteiger partial charge in [0, 0.05) is 29.9 Å². The predicted octanol–water partition coefficient (Wildman–Crippen LogP) is -3.17. The Hall–Kier alpha value is -5.32. The molecule has 5 atom stereocenters. The molecule has 1 heterocycles. The lowest BCUT2D eigenvalue weighted by Crippen LogP contribution is -2.60. The van der Waals surface area contributed by atoms with Crippen molar-refractivity contribution >= 4 is 46.3 Å². The molecule has 252 valence electrons. The highest BCUT2D eigenvalue weighted by molar-refractivity contribution is 5.96. The van der Waals surface area contributed by atoms with Crippen LogP contribution in [0.1, 0.15) is 18.1 Å². The van der Waals surface area contributed by atoms with Crippen LogP contribution in [0.25, 0.3) is 10.9 Å². The Morgan fingerprint density at radius 3 is 1.79 bits per heavy atom. The number of hydrogen-bond acceptors (Lipinski definition) is 9. The molecule has 3 rings (SSSR count). The van der Waals surface area contributed by atoms with Gasteiger partial charge < -0.3 is 53.2 Å². The summed E-state index contributed by atoms with van der Waals surface area (Å²) in [5, 5.41) is 32.6. The molecule has 0 radical (unpaired) electrons. The molecule has 0 aliphatic heterocycles. The molecule has 0 unspecified atom stereocenters. The Balaban J connectivity index is 1.72. The molecule has 1 aromatic heterocycles. The molecule has 0 saturated heterocycles. The number of nitrogens with two attached hydrogens (primary N) is 2. The third-order valence-electron chi connectivity index (χ3n) is 7.13. The first kappa shape index (κ1) is 36.2. The molecular formula is C31H40N8O8. The van der Waals surface area contributed by atoms with Crippen molar-refractivity contribution in [1.29, 1.82) is 0 Å². The number of amides is 6. The second-order valence-electron chi connectivity index (χ2n) is 10.8. The Bertz CT molecular complexity index is 1560. The van der Waals surface area contributed by atoms with Crippen LogP contribution in [-0.4, -0.2) is 101 Å². The number of fused-ring (bicyclic) bond motifs is 1. The number of aromatic amines is 1. The molecule has 16 nitrogen and oxygen atoms in total. The number of nitrogens with one attached hydrogen (secondary N) is 6. The highest BCUT2D eigenvalue weighted by Gasteiger charge is 2.31. The normalized spacial score (nSPS) is 14.1. The number of benzene rings is 2. The maximum absolute atomic E-state index is 13.2. The minimum absolute atomic E-state index is 0.0301. The van der Waals surface area contributed by atoms with Crippen molar-refractivity contribution < 1.29 is 39.0 Å². The van der Waals surface area contributed by atoms with E-state index in [2.05, 4.69) is 31.6 Å². The number of aromatic nitrogens is 1. The molecule has 47 heavy (non-hydrogen) atoms. The molecule has 12 N–H and O–H groups in total. The van der Waals surface area contributed by atoms with Crippen molar-refractivity contribution in [3.63, 3.8) is 0 Å². The minimum Gasteiger partial charge on any atom is -0.394 e. The Kier molecular flexibility index (Phi) is 13.4. The lowest BCUT2D eigenvalue weighted by molar-refractivity contribution is -0.136. The average molecular weight is 653 g/mol. The van der Waals surface area contributed by atoms with Crippen LogP contribution in [0.3, 0.4) is 0 Å². The van der Waals surface area contributed by atoms with Crippen LogP contribution >= 0.6 is 0 Å². The lowest BCUT2D eigenvalue weighted by Gasteiger charge is -2.25. The molecule has 0 saturated carbocycles. The summed E-state index contributed by atoms with van der Waals surface area (Å²) in [6.07, 6.45) is 1.67. The van der Waals surface area contributed by atoms with Gasteiger partial charge in [0.15, 0.2) is 0 Å². The van der Waals surface area contributed by atoms with E-state index < -0.39 is 85.4 Å². The van der Waals surface area contributed by atoms with E-state index in [9.17, 15) is 39.0 Å². The average Bonchev–Trinajstić information content (AvgIpc) is 3.46.